The van der Waals surface area contributed by atoms with Crippen molar-refractivity contribution in [1.29, 1.82) is 0 Å². The molecular formula is C15H23BrN2O. The van der Waals surface area contributed by atoms with Crippen LogP contribution in [0.3, 0.4) is 0 Å². The predicted molar refractivity (Wildman–Crippen MR) is 82.0 cm³/mol. The lowest BCUT2D eigenvalue weighted by atomic mass is 9.98. The van der Waals surface area contributed by atoms with Gasteiger partial charge in [0.25, 0.3) is 0 Å². The summed E-state index contributed by atoms with van der Waals surface area (Å²) in [5.41, 5.74) is 3.42. The summed E-state index contributed by atoms with van der Waals surface area (Å²) in [5, 5.41) is 0. The van der Waals surface area contributed by atoms with Gasteiger partial charge in [0, 0.05) is 35.2 Å². The van der Waals surface area contributed by atoms with Crippen molar-refractivity contribution in [1.82, 2.24) is 9.88 Å². The van der Waals surface area contributed by atoms with E-state index in [1.165, 1.54) is 12.0 Å². The van der Waals surface area contributed by atoms with E-state index in [1.807, 2.05) is 13.1 Å². The van der Waals surface area contributed by atoms with Crippen molar-refractivity contribution in [2.45, 2.75) is 38.6 Å². The first-order valence-electron chi connectivity index (χ1n) is 6.88. The zero-order valence-corrected chi connectivity index (χ0v) is 13.8. The van der Waals surface area contributed by atoms with E-state index in [0.717, 1.165) is 42.6 Å². The minimum atomic E-state index is 0.592. The number of alkyl halides is 1. The molecule has 1 aliphatic heterocycles. The number of methoxy groups -OCH3 is 1. The van der Waals surface area contributed by atoms with E-state index in [4.69, 9.17) is 4.74 Å². The van der Waals surface area contributed by atoms with Gasteiger partial charge in [-0.25, -0.2) is 0 Å². The molecule has 0 aromatic carbocycles. The minimum Gasteiger partial charge on any atom is -0.496 e. The highest BCUT2D eigenvalue weighted by molar-refractivity contribution is 9.09. The average Bonchev–Trinajstić information content (AvgIpc) is 2.38. The van der Waals surface area contributed by atoms with Gasteiger partial charge in [-0.05, 0) is 32.7 Å². The van der Waals surface area contributed by atoms with Crippen LogP contribution in [0.4, 0.5) is 0 Å². The number of likely N-dealkylation sites (tertiary alicyclic amines) is 1. The van der Waals surface area contributed by atoms with E-state index in [2.05, 4.69) is 39.7 Å². The Kier molecular flexibility index (Phi) is 4.85. The van der Waals surface area contributed by atoms with Crippen LogP contribution in [0.15, 0.2) is 6.20 Å². The normalized spacial score (nSPS) is 24.5. The second kappa shape index (κ2) is 6.23. The summed E-state index contributed by atoms with van der Waals surface area (Å²) in [7, 11) is 1.73. The molecule has 0 amide bonds. The molecule has 0 N–H and O–H groups in total. The van der Waals surface area contributed by atoms with Crippen LogP contribution in [0, 0.1) is 19.8 Å². The monoisotopic (exact) mass is 326 g/mol. The largest absolute Gasteiger partial charge is 0.496 e. The fourth-order valence-electron chi connectivity index (χ4n) is 2.67. The molecule has 19 heavy (non-hydrogen) atoms. The highest BCUT2D eigenvalue weighted by Crippen LogP contribution is 2.27. The Bertz CT molecular complexity index is 450. The highest BCUT2D eigenvalue weighted by Gasteiger charge is 2.24. The Balaban J connectivity index is 2.11. The Morgan fingerprint density at radius 1 is 1.47 bits per heavy atom. The molecule has 0 aliphatic carbocycles. The summed E-state index contributed by atoms with van der Waals surface area (Å²) in [4.78, 5) is 7.65. The van der Waals surface area contributed by atoms with Crippen molar-refractivity contribution < 1.29 is 4.74 Å². The molecular weight excluding hydrogens is 304 g/mol. The lowest BCUT2D eigenvalue weighted by molar-refractivity contribution is 0.191. The van der Waals surface area contributed by atoms with Crippen LogP contribution in [-0.4, -0.2) is 34.9 Å². The van der Waals surface area contributed by atoms with Crippen molar-refractivity contribution in [3.8, 4) is 5.75 Å². The van der Waals surface area contributed by atoms with Crippen LogP contribution in [0.2, 0.25) is 0 Å². The molecule has 1 fully saturated rings. The molecule has 0 spiro atoms. The zero-order valence-electron chi connectivity index (χ0n) is 12.2. The second-order valence-corrected chi connectivity index (χ2v) is 6.74. The summed E-state index contributed by atoms with van der Waals surface area (Å²) in [6, 6.07) is 0. The van der Waals surface area contributed by atoms with Crippen molar-refractivity contribution in [2.24, 2.45) is 5.92 Å². The molecule has 2 rings (SSSR count). The Morgan fingerprint density at radius 2 is 2.21 bits per heavy atom. The third-order valence-corrected chi connectivity index (χ3v) is 5.27. The molecule has 1 aromatic rings. The smallest absolute Gasteiger partial charge is 0.128 e. The Hall–Kier alpha value is -0.610. The molecule has 1 aliphatic rings. The first kappa shape index (κ1) is 14.8. The number of halogens is 1. The fourth-order valence-corrected chi connectivity index (χ4v) is 3.34. The molecule has 1 aromatic heterocycles. The number of nitrogens with zero attached hydrogens (tertiary/aromatic N) is 2. The molecule has 3 nitrogen and oxygen atoms in total. The lowest BCUT2D eigenvalue weighted by Gasteiger charge is -2.34. The van der Waals surface area contributed by atoms with Gasteiger partial charge >= 0.3 is 0 Å². The van der Waals surface area contributed by atoms with Crippen LogP contribution in [-0.2, 0) is 6.54 Å². The topological polar surface area (TPSA) is 25.4 Å². The summed E-state index contributed by atoms with van der Waals surface area (Å²) >= 11 is 3.78. The number of pyridine rings is 1. The lowest BCUT2D eigenvalue weighted by Crippen LogP contribution is -2.39. The van der Waals surface area contributed by atoms with E-state index in [1.54, 1.807) is 7.11 Å². The quantitative estimate of drug-likeness (QED) is 0.797. The van der Waals surface area contributed by atoms with Crippen LogP contribution in [0.25, 0.3) is 0 Å². The van der Waals surface area contributed by atoms with Gasteiger partial charge in [0.1, 0.15) is 5.75 Å². The van der Waals surface area contributed by atoms with E-state index >= 15 is 0 Å². The molecule has 2 unspecified atom stereocenters. The Labute approximate surface area is 124 Å². The Morgan fingerprint density at radius 3 is 2.84 bits per heavy atom. The number of rotatable bonds is 3. The van der Waals surface area contributed by atoms with Gasteiger partial charge in [-0.15, -0.1) is 0 Å². The maximum absolute atomic E-state index is 5.48. The van der Waals surface area contributed by atoms with Crippen LogP contribution >= 0.6 is 15.9 Å². The molecule has 0 bridgehead atoms. The number of piperidine rings is 1. The van der Waals surface area contributed by atoms with Gasteiger partial charge in [-0.1, -0.05) is 22.9 Å². The van der Waals surface area contributed by atoms with Gasteiger partial charge < -0.3 is 4.74 Å². The highest BCUT2D eigenvalue weighted by atomic mass is 79.9. The molecule has 2 heterocycles. The maximum Gasteiger partial charge on any atom is 0.128 e. The van der Waals surface area contributed by atoms with Crippen molar-refractivity contribution in [3.63, 3.8) is 0 Å². The molecule has 2 atom stereocenters. The van der Waals surface area contributed by atoms with E-state index in [0.29, 0.717) is 4.83 Å². The predicted octanol–water partition coefficient (Wildman–Crippen LogP) is 3.31. The first-order chi connectivity index (χ1) is 9.02. The SMILES string of the molecule is COc1c(C)cnc(CN2CCC(C)C(Br)C2)c1C. The van der Waals surface area contributed by atoms with Crippen molar-refractivity contribution >= 4 is 15.9 Å². The third kappa shape index (κ3) is 3.29. The van der Waals surface area contributed by atoms with Crippen LogP contribution < -0.4 is 4.74 Å². The maximum atomic E-state index is 5.48. The number of ether oxygens (including phenoxy) is 1. The number of hydrogen-bond acceptors (Lipinski definition) is 3. The number of hydrogen-bond donors (Lipinski definition) is 0. The molecule has 0 saturated carbocycles. The summed E-state index contributed by atoms with van der Waals surface area (Å²) in [6.07, 6.45) is 3.16. The first-order valence-corrected chi connectivity index (χ1v) is 7.80. The summed E-state index contributed by atoms with van der Waals surface area (Å²) in [5.74, 6) is 1.74. The van der Waals surface area contributed by atoms with E-state index < -0.39 is 0 Å². The van der Waals surface area contributed by atoms with Crippen LogP contribution in [0.1, 0.15) is 30.2 Å². The molecule has 4 heteroatoms. The summed E-state index contributed by atoms with van der Waals surface area (Å²) < 4.78 is 5.48. The van der Waals surface area contributed by atoms with Gasteiger partial charge in [-0.3, -0.25) is 9.88 Å². The molecule has 1 saturated heterocycles. The number of aryl methyl sites for hydroxylation is 1. The van der Waals surface area contributed by atoms with Gasteiger partial charge in [-0.2, -0.15) is 0 Å². The van der Waals surface area contributed by atoms with Gasteiger partial charge in [0.15, 0.2) is 0 Å². The standard InChI is InChI=1S/C15H23BrN2O/c1-10-5-6-18(8-13(10)16)9-14-12(3)15(19-4)11(2)7-17-14/h7,10,13H,5-6,8-9H2,1-4H3. The third-order valence-electron chi connectivity index (χ3n) is 4.07. The minimum absolute atomic E-state index is 0.592. The van der Waals surface area contributed by atoms with Crippen molar-refractivity contribution in [3.05, 3.63) is 23.0 Å². The second-order valence-electron chi connectivity index (χ2n) is 5.56. The fraction of sp³-hybridized carbons (Fsp3) is 0.667. The van der Waals surface area contributed by atoms with Gasteiger partial charge in [0.05, 0.1) is 12.8 Å². The molecule has 106 valence electrons. The zero-order chi connectivity index (χ0) is 14.0. The number of aromatic nitrogens is 1. The average molecular weight is 327 g/mol. The van der Waals surface area contributed by atoms with Crippen molar-refractivity contribution in [2.75, 3.05) is 20.2 Å². The molecule has 0 radical (unpaired) electrons. The van der Waals surface area contributed by atoms with E-state index in [9.17, 15) is 0 Å². The van der Waals surface area contributed by atoms with E-state index in [-0.39, 0.29) is 0 Å². The van der Waals surface area contributed by atoms with Crippen LogP contribution in [0.5, 0.6) is 5.75 Å². The summed E-state index contributed by atoms with van der Waals surface area (Å²) in [6.45, 7) is 9.62. The van der Waals surface area contributed by atoms with Gasteiger partial charge in [0.2, 0.25) is 0 Å².